The van der Waals surface area contributed by atoms with Crippen molar-refractivity contribution in [2.75, 3.05) is 0 Å². The van der Waals surface area contributed by atoms with Gasteiger partial charge < -0.3 is 4.57 Å². The van der Waals surface area contributed by atoms with Gasteiger partial charge in [0.05, 0.1) is 39.4 Å². The minimum absolute atomic E-state index is 0.00663. The number of hydrogen-bond donors (Lipinski definition) is 0. The van der Waals surface area contributed by atoms with Crippen molar-refractivity contribution in [3.63, 3.8) is 0 Å². The molecule has 0 aliphatic heterocycles. The lowest BCUT2D eigenvalue weighted by Gasteiger charge is -2.24. The van der Waals surface area contributed by atoms with Crippen LogP contribution in [0, 0.1) is 11.3 Å². The second kappa shape index (κ2) is 11.2. The van der Waals surface area contributed by atoms with Gasteiger partial charge in [-0.05, 0) is 83.0 Å². The maximum atomic E-state index is 9.47. The second-order valence-electron chi connectivity index (χ2n) is 15.6. The molecule has 0 atom stereocenters. The van der Waals surface area contributed by atoms with E-state index >= 15 is 0 Å². The lowest BCUT2D eigenvalue weighted by Crippen LogP contribution is -2.18. The highest BCUT2D eigenvalue weighted by Crippen LogP contribution is 2.52. The average Bonchev–Trinajstić information content (AvgIpc) is 3.75. The SMILES string of the molecule is CC1(C)CC(C)(C)c2c(-n3c4ccccc4c4cc5c6ccccc6n(-c6nc(-c7ccccc7)nc(-c7ccc(C#N)cc7)n6)c5cc43)cccc21. The van der Waals surface area contributed by atoms with Crippen molar-refractivity contribution in [2.24, 2.45) is 0 Å². The third-order valence-electron chi connectivity index (χ3n) is 11.2. The molecule has 1 aliphatic rings. The number of aromatic nitrogens is 5. The Bertz CT molecular complexity index is 2970. The fourth-order valence-electron chi connectivity index (χ4n) is 9.20. The number of nitriles is 1. The minimum Gasteiger partial charge on any atom is -0.309 e. The van der Waals surface area contributed by atoms with E-state index in [0.717, 1.165) is 44.9 Å². The van der Waals surface area contributed by atoms with E-state index in [-0.39, 0.29) is 10.8 Å². The first kappa shape index (κ1) is 31.2. The predicted molar refractivity (Wildman–Crippen MR) is 215 cm³/mol. The van der Waals surface area contributed by atoms with Crippen molar-refractivity contribution in [2.45, 2.75) is 44.9 Å². The average molecular weight is 685 g/mol. The summed E-state index contributed by atoms with van der Waals surface area (Å²) < 4.78 is 4.68. The first-order valence-corrected chi connectivity index (χ1v) is 18.1. The first-order valence-electron chi connectivity index (χ1n) is 18.1. The highest BCUT2D eigenvalue weighted by atomic mass is 15.2. The van der Waals surface area contributed by atoms with E-state index in [9.17, 15) is 5.26 Å². The van der Waals surface area contributed by atoms with Gasteiger partial charge in [-0.1, -0.05) is 107 Å². The Hall–Kier alpha value is -6.58. The summed E-state index contributed by atoms with van der Waals surface area (Å²) in [5.41, 5.74) is 10.8. The fraction of sp³-hybridized carbons (Fsp3) is 0.149. The number of benzene rings is 6. The molecule has 6 aromatic carbocycles. The molecule has 0 saturated heterocycles. The molecule has 9 aromatic rings. The van der Waals surface area contributed by atoms with Gasteiger partial charge in [0.15, 0.2) is 11.6 Å². The number of rotatable bonds is 4. The van der Waals surface area contributed by atoms with Crippen LogP contribution in [0.3, 0.4) is 0 Å². The van der Waals surface area contributed by atoms with Gasteiger partial charge in [-0.25, -0.2) is 4.98 Å². The van der Waals surface area contributed by atoms with Crippen molar-refractivity contribution in [3.8, 4) is 40.5 Å². The molecule has 0 fully saturated rings. The smallest absolute Gasteiger partial charge is 0.238 e. The van der Waals surface area contributed by atoms with Crippen LogP contribution in [0.15, 0.2) is 133 Å². The van der Waals surface area contributed by atoms with Crippen LogP contribution in [0.1, 0.15) is 50.8 Å². The van der Waals surface area contributed by atoms with Crippen LogP contribution in [-0.4, -0.2) is 24.1 Å². The van der Waals surface area contributed by atoms with Crippen molar-refractivity contribution >= 4 is 43.6 Å². The molecule has 0 saturated carbocycles. The summed E-state index contributed by atoms with van der Waals surface area (Å²) >= 11 is 0. The molecule has 0 bridgehead atoms. The van der Waals surface area contributed by atoms with E-state index in [1.54, 1.807) is 12.1 Å². The van der Waals surface area contributed by atoms with E-state index in [1.165, 1.54) is 33.1 Å². The van der Waals surface area contributed by atoms with Gasteiger partial charge in [0.25, 0.3) is 0 Å². The molecular formula is C47H36N6. The Morgan fingerprint density at radius 2 is 1.11 bits per heavy atom. The molecule has 10 rings (SSSR count). The molecule has 0 spiro atoms. The molecular weight excluding hydrogens is 649 g/mol. The topological polar surface area (TPSA) is 72.3 Å². The van der Waals surface area contributed by atoms with Crippen LogP contribution < -0.4 is 0 Å². The molecule has 6 nitrogen and oxygen atoms in total. The van der Waals surface area contributed by atoms with Crippen LogP contribution in [-0.2, 0) is 10.8 Å². The number of hydrogen-bond acceptors (Lipinski definition) is 4. The van der Waals surface area contributed by atoms with Crippen molar-refractivity contribution in [1.29, 1.82) is 5.26 Å². The number of nitrogens with zero attached hydrogens (tertiary/aromatic N) is 6. The molecule has 3 heterocycles. The van der Waals surface area contributed by atoms with Crippen molar-refractivity contribution in [3.05, 3.63) is 150 Å². The maximum Gasteiger partial charge on any atom is 0.238 e. The highest BCUT2D eigenvalue weighted by Gasteiger charge is 2.43. The molecule has 254 valence electrons. The van der Waals surface area contributed by atoms with Crippen LogP contribution in [0.25, 0.3) is 78.0 Å². The van der Waals surface area contributed by atoms with Crippen LogP contribution in [0.4, 0.5) is 0 Å². The van der Waals surface area contributed by atoms with E-state index in [0.29, 0.717) is 23.2 Å². The first-order chi connectivity index (χ1) is 25.7. The van der Waals surface area contributed by atoms with Gasteiger partial charge in [-0.15, -0.1) is 0 Å². The van der Waals surface area contributed by atoms with Gasteiger partial charge in [0, 0.05) is 32.7 Å². The molecule has 0 radical (unpaired) electrons. The van der Waals surface area contributed by atoms with E-state index in [2.05, 4.69) is 122 Å². The van der Waals surface area contributed by atoms with Gasteiger partial charge in [-0.3, -0.25) is 4.57 Å². The minimum atomic E-state index is 0.00663. The summed E-state index contributed by atoms with van der Waals surface area (Å²) in [6.45, 7) is 9.54. The summed E-state index contributed by atoms with van der Waals surface area (Å²) in [4.78, 5) is 15.3. The molecule has 0 unspecified atom stereocenters. The Morgan fingerprint density at radius 3 is 1.77 bits per heavy atom. The zero-order valence-corrected chi connectivity index (χ0v) is 30.1. The van der Waals surface area contributed by atoms with Gasteiger partial charge >= 0.3 is 0 Å². The van der Waals surface area contributed by atoms with Gasteiger partial charge in [0.1, 0.15) is 0 Å². The predicted octanol–water partition coefficient (Wildman–Crippen LogP) is 11.2. The Labute approximate surface area is 307 Å². The van der Waals surface area contributed by atoms with Crippen LogP contribution in [0.5, 0.6) is 0 Å². The summed E-state index contributed by atoms with van der Waals surface area (Å²) in [6, 6.07) is 48.5. The summed E-state index contributed by atoms with van der Waals surface area (Å²) in [6.07, 6.45) is 1.09. The summed E-state index contributed by atoms with van der Waals surface area (Å²) in [5, 5.41) is 14.2. The van der Waals surface area contributed by atoms with Crippen molar-refractivity contribution in [1.82, 2.24) is 24.1 Å². The molecule has 1 aliphatic carbocycles. The number of para-hydroxylation sites is 2. The lowest BCUT2D eigenvalue weighted by atomic mass is 9.81. The van der Waals surface area contributed by atoms with E-state index in [1.807, 2.05) is 42.5 Å². The zero-order valence-electron chi connectivity index (χ0n) is 30.1. The Kier molecular flexibility index (Phi) is 6.59. The highest BCUT2D eigenvalue weighted by molar-refractivity contribution is 6.19. The number of fused-ring (bicyclic) bond motifs is 7. The third kappa shape index (κ3) is 4.67. The largest absolute Gasteiger partial charge is 0.309 e. The standard InChI is InChI=1S/C47H36N6/c1-46(2)28-47(3,4)42-36(46)17-12-20-39(42)52-37-18-10-8-15-32(37)34-25-35-33-16-9-11-19-38(33)53(41(35)26-40(34)52)45-50-43(30-13-6-5-7-14-30)49-44(51-45)31-23-21-29(27-48)22-24-31/h5-26H,28H2,1-4H3. The van der Waals surface area contributed by atoms with Crippen molar-refractivity contribution < 1.29 is 0 Å². The molecule has 0 N–H and O–H groups in total. The normalized spacial score (nSPS) is 14.6. The van der Waals surface area contributed by atoms with E-state index < -0.39 is 0 Å². The van der Waals surface area contributed by atoms with Crippen LogP contribution in [0.2, 0.25) is 0 Å². The maximum absolute atomic E-state index is 9.47. The van der Waals surface area contributed by atoms with Gasteiger partial charge in [-0.2, -0.15) is 15.2 Å². The van der Waals surface area contributed by atoms with Gasteiger partial charge in [0.2, 0.25) is 5.95 Å². The Balaban J connectivity index is 1.31. The lowest BCUT2D eigenvalue weighted by molar-refractivity contribution is 0.403. The second-order valence-corrected chi connectivity index (χ2v) is 15.6. The van der Waals surface area contributed by atoms with E-state index in [4.69, 9.17) is 15.0 Å². The summed E-state index contributed by atoms with van der Waals surface area (Å²) in [7, 11) is 0. The monoisotopic (exact) mass is 684 g/mol. The fourth-order valence-corrected chi connectivity index (χ4v) is 9.20. The zero-order chi connectivity index (χ0) is 36.1. The molecule has 0 amide bonds. The summed E-state index contributed by atoms with van der Waals surface area (Å²) in [5.74, 6) is 1.67. The molecule has 53 heavy (non-hydrogen) atoms. The Morgan fingerprint density at radius 1 is 0.528 bits per heavy atom. The molecule has 3 aromatic heterocycles. The third-order valence-corrected chi connectivity index (χ3v) is 11.2. The quantitative estimate of drug-likeness (QED) is 0.185. The molecule has 6 heteroatoms. The van der Waals surface area contributed by atoms with Crippen LogP contribution >= 0.6 is 0 Å².